The van der Waals surface area contributed by atoms with Crippen molar-refractivity contribution in [2.24, 2.45) is 0 Å². The van der Waals surface area contributed by atoms with Crippen LogP contribution in [0.25, 0.3) is 10.9 Å². The molecule has 1 aromatic heterocycles. The molecule has 18 heavy (non-hydrogen) atoms. The molecule has 2 aromatic rings. The average Bonchev–Trinajstić information content (AvgIpc) is 2.40. The molecule has 96 valence electrons. The van der Waals surface area contributed by atoms with Crippen LogP contribution in [0.1, 0.15) is 6.42 Å². The molecule has 1 aromatic carbocycles. The van der Waals surface area contributed by atoms with Crippen LogP contribution in [0.4, 0.5) is 5.69 Å². The topological polar surface area (TPSA) is 47.0 Å². The van der Waals surface area contributed by atoms with Crippen molar-refractivity contribution < 1.29 is 4.74 Å². The van der Waals surface area contributed by atoms with E-state index in [9.17, 15) is 0 Å². The van der Waals surface area contributed by atoms with Crippen molar-refractivity contribution in [3.8, 4) is 0 Å². The van der Waals surface area contributed by atoms with Gasteiger partial charge in [0.15, 0.2) is 0 Å². The van der Waals surface area contributed by atoms with Crippen LogP contribution >= 0.6 is 11.6 Å². The zero-order chi connectivity index (χ0) is 12.8. The molecule has 0 aliphatic heterocycles. The second kappa shape index (κ2) is 6.52. The molecule has 0 spiro atoms. The van der Waals surface area contributed by atoms with Crippen molar-refractivity contribution in [1.29, 1.82) is 0 Å². The molecule has 2 rings (SSSR count). The number of methoxy groups -OCH3 is 1. The molecule has 1 atom stereocenters. The normalized spacial score (nSPS) is 12.6. The zero-order valence-corrected chi connectivity index (χ0v) is 11.0. The summed E-state index contributed by atoms with van der Waals surface area (Å²) in [7, 11) is 1.69. The minimum atomic E-state index is 0.181. The largest absolute Gasteiger partial charge is 0.383 e. The maximum absolute atomic E-state index is 5.79. The predicted molar refractivity (Wildman–Crippen MR) is 74.2 cm³/mol. The molecule has 0 amide bonds. The van der Waals surface area contributed by atoms with Crippen LogP contribution in [-0.4, -0.2) is 35.8 Å². The standard InChI is InChI=1S/C13H16ClN3O/c1-18-9-10(6-7-14)16-13-8-15-17-12-5-3-2-4-11(12)13/h2-5,8,10H,6-7,9H2,1H3,(H,16,17). The third-order valence-electron chi connectivity index (χ3n) is 2.73. The highest BCUT2D eigenvalue weighted by Crippen LogP contribution is 2.21. The number of anilines is 1. The number of alkyl halides is 1. The SMILES string of the molecule is COCC(CCCl)Nc1cnnc2ccccc12. The van der Waals surface area contributed by atoms with E-state index in [1.807, 2.05) is 24.3 Å². The van der Waals surface area contributed by atoms with Crippen molar-refractivity contribution >= 4 is 28.2 Å². The summed E-state index contributed by atoms with van der Waals surface area (Å²) in [6.45, 7) is 0.614. The predicted octanol–water partition coefficient (Wildman–Crippen LogP) is 2.69. The van der Waals surface area contributed by atoms with Gasteiger partial charge >= 0.3 is 0 Å². The van der Waals surface area contributed by atoms with E-state index in [1.54, 1.807) is 13.3 Å². The van der Waals surface area contributed by atoms with Gasteiger partial charge in [0, 0.05) is 18.4 Å². The first-order valence-corrected chi connectivity index (χ1v) is 6.40. The Kier molecular flexibility index (Phi) is 4.73. The van der Waals surface area contributed by atoms with Gasteiger partial charge in [-0.15, -0.1) is 11.6 Å². The highest BCUT2D eigenvalue weighted by molar-refractivity contribution is 6.17. The molecule has 5 heteroatoms. The molecule has 1 heterocycles. The quantitative estimate of drug-likeness (QED) is 0.816. The number of hydrogen-bond donors (Lipinski definition) is 1. The van der Waals surface area contributed by atoms with E-state index >= 15 is 0 Å². The van der Waals surface area contributed by atoms with Crippen molar-refractivity contribution in [2.45, 2.75) is 12.5 Å². The van der Waals surface area contributed by atoms with E-state index in [1.165, 1.54) is 0 Å². The number of rotatable bonds is 6. The van der Waals surface area contributed by atoms with Crippen molar-refractivity contribution in [2.75, 3.05) is 24.9 Å². The number of fused-ring (bicyclic) bond motifs is 1. The molecular formula is C13H16ClN3O. The molecule has 0 radical (unpaired) electrons. The van der Waals surface area contributed by atoms with Crippen molar-refractivity contribution in [3.63, 3.8) is 0 Å². The third kappa shape index (κ3) is 3.09. The van der Waals surface area contributed by atoms with Crippen LogP contribution < -0.4 is 5.32 Å². The lowest BCUT2D eigenvalue weighted by molar-refractivity contribution is 0.184. The van der Waals surface area contributed by atoms with Gasteiger partial charge in [0.25, 0.3) is 0 Å². The first kappa shape index (κ1) is 13.1. The Morgan fingerprint density at radius 2 is 2.22 bits per heavy atom. The van der Waals surface area contributed by atoms with E-state index in [0.29, 0.717) is 12.5 Å². The van der Waals surface area contributed by atoms with Gasteiger partial charge < -0.3 is 10.1 Å². The van der Waals surface area contributed by atoms with Gasteiger partial charge in [-0.05, 0) is 12.5 Å². The Morgan fingerprint density at radius 1 is 1.39 bits per heavy atom. The Bertz CT molecular complexity index is 495. The maximum atomic E-state index is 5.79. The summed E-state index contributed by atoms with van der Waals surface area (Å²) in [6, 6.07) is 8.09. The molecule has 1 unspecified atom stereocenters. The van der Waals surface area contributed by atoms with Crippen LogP contribution in [0.3, 0.4) is 0 Å². The van der Waals surface area contributed by atoms with Gasteiger partial charge in [0.2, 0.25) is 0 Å². The van der Waals surface area contributed by atoms with Gasteiger partial charge in [0.1, 0.15) is 0 Å². The van der Waals surface area contributed by atoms with Gasteiger partial charge in [-0.3, -0.25) is 0 Å². The van der Waals surface area contributed by atoms with Crippen molar-refractivity contribution in [1.82, 2.24) is 10.2 Å². The van der Waals surface area contributed by atoms with E-state index < -0.39 is 0 Å². The highest BCUT2D eigenvalue weighted by atomic mass is 35.5. The number of nitrogens with zero attached hydrogens (tertiary/aromatic N) is 2. The summed E-state index contributed by atoms with van der Waals surface area (Å²) >= 11 is 5.79. The first-order valence-electron chi connectivity index (χ1n) is 5.87. The monoisotopic (exact) mass is 265 g/mol. The highest BCUT2D eigenvalue weighted by Gasteiger charge is 2.10. The Labute approximate surface area is 111 Å². The number of ether oxygens (including phenoxy) is 1. The van der Waals surface area contributed by atoms with Gasteiger partial charge in [0.05, 0.1) is 30.0 Å². The van der Waals surface area contributed by atoms with Gasteiger partial charge in [-0.1, -0.05) is 18.2 Å². The van der Waals surface area contributed by atoms with E-state index in [-0.39, 0.29) is 6.04 Å². The number of nitrogens with one attached hydrogen (secondary N) is 1. The fourth-order valence-electron chi connectivity index (χ4n) is 1.87. The number of halogens is 1. The summed E-state index contributed by atoms with van der Waals surface area (Å²) in [4.78, 5) is 0. The Morgan fingerprint density at radius 3 is 3.00 bits per heavy atom. The second-order valence-electron chi connectivity index (χ2n) is 4.05. The Balaban J connectivity index is 2.24. The molecule has 1 N–H and O–H groups in total. The summed E-state index contributed by atoms with van der Waals surface area (Å²) in [5, 5.41) is 12.6. The fraction of sp³-hybridized carbons (Fsp3) is 0.385. The van der Waals surface area contributed by atoms with Gasteiger partial charge in [-0.2, -0.15) is 10.2 Å². The van der Waals surface area contributed by atoms with E-state index in [0.717, 1.165) is 23.0 Å². The molecule has 0 saturated heterocycles. The minimum Gasteiger partial charge on any atom is -0.383 e. The molecule has 0 saturated carbocycles. The zero-order valence-electron chi connectivity index (χ0n) is 10.3. The van der Waals surface area contributed by atoms with Crippen LogP contribution in [0.5, 0.6) is 0 Å². The lowest BCUT2D eigenvalue weighted by atomic mass is 10.1. The molecule has 4 nitrogen and oxygen atoms in total. The van der Waals surface area contributed by atoms with Crippen LogP contribution in [-0.2, 0) is 4.74 Å². The van der Waals surface area contributed by atoms with E-state index in [4.69, 9.17) is 16.3 Å². The molecule has 0 bridgehead atoms. The molecule has 0 aliphatic rings. The number of hydrogen-bond acceptors (Lipinski definition) is 4. The number of benzene rings is 1. The van der Waals surface area contributed by atoms with E-state index in [2.05, 4.69) is 15.5 Å². The summed E-state index contributed by atoms with van der Waals surface area (Å²) < 4.78 is 5.18. The molecule has 0 aliphatic carbocycles. The lowest BCUT2D eigenvalue weighted by Gasteiger charge is -2.18. The van der Waals surface area contributed by atoms with Gasteiger partial charge in [-0.25, -0.2) is 0 Å². The van der Waals surface area contributed by atoms with Crippen LogP contribution in [0, 0.1) is 0 Å². The minimum absolute atomic E-state index is 0.181. The molecule has 0 fully saturated rings. The van der Waals surface area contributed by atoms with Crippen molar-refractivity contribution in [3.05, 3.63) is 30.5 Å². The fourth-order valence-corrected chi connectivity index (χ4v) is 2.14. The van der Waals surface area contributed by atoms with Crippen LogP contribution in [0.15, 0.2) is 30.5 Å². The smallest absolute Gasteiger partial charge is 0.0950 e. The summed E-state index contributed by atoms with van der Waals surface area (Å²) in [6.07, 6.45) is 2.57. The number of aromatic nitrogens is 2. The lowest BCUT2D eigenvalue weighted by Crippen LogP contribution is -2.25. The summed E-state index contributed by atoms with van der Waals surface area (Å²) in [5.41, 5.74) is 1.84. The Hall–Kier alpha value is -1.39. The third-order valence-corrected chi connectivity index (χ3v) is 2.95. The first-order chi connectivity index (χ1) is 8.85. The summed E-state index contributed by atoms with van der Waals surface area (Å²) in [5.74, 6) is 0.595. The molecular weight excluding hydrogens is 250 g/mol. The van der Waals surface area contributed by atoms with Crippen LogP contribution in [0.2, 0.25) is 0 Å². The average molecular weight is 266 g/mol. The second-order valence-corrected chi connectivity index (χ2v) is 4.43. The maximum Gasteiger partial charge on any atom is 0.0950 e.